The van der Waals surface area contributed by atoms with Gasteiger partial charge in [-0.05, 0) is 12.0 Å². The van der Waals surface area contributed by atoms with Crippen LogP contribution in [0.15, 0.2) is 18.6 Å². The number of hydrogen-bond acceptors (Lipinski definition) is 4. The maximum atomic E-state index is 11.6. The first-order valence-corrected chi connectivity index (χ1v) is 4.89. The van der Waals surface area contributed by atoms with Crippen LogP contribution in [0.3, 0.4) is 0 Å². The Kier molecular flexibility index (Phi) is 2.59. The summed E-state index contributed by atoms with van der Waals surface area (Å²) < 4.78 is 0. The van der Waals surface area contributed by atoms with Gasteiger partial charge in [0.1, 0.15) is 12.0 Å². The van der Waals surface area contributed by atoms with E-state index < -0.39 is 5.60 Å². The molecular formula is C11H11N3O2. The van der Waals surface area contributed by atoms with Crippen molar-refractivity contribution in [3.8, 4) is 11.8 Å². The molecule has 0 aliphatic carbocycles. The van der Waals surface area contributed by atoms with Crippen LogP contribution in [-0.4, -0.2) is 45.1 Å². The lowest BCUT2D eigenvalue weighted by Gasteiger charge is -2.12. The third-order valence-electron chi connectivity index (χ3n) is 2.49. The van der Waals surface area contributed by atoms with Gasteiger partial charge < -0.3 is 10.0 Å². The average Bonchev–Trinajstić information content (AvgIpc) is 2.57. The summed E-state index contributed by atoms with van der Waals surface area (Å²) in [5, 5.41) is 9.98. The predicted octanol–water partition coefficient (Wildman–Crippen LogP) is -0.579. The summed E-state index contributed by atoms with van der Waals surface area (Å²) in [6, 6.07) is 1.62. The quantitative estimate of drug-likeness (QED) is 0.590. The lowest BCUT2D eigenvalue weighted by atomic mass is 10.0. The van der Waals surface area contributed by atoms with Crippen molar-refractivity contribution in [2.24, 2.45) is 0 Å². The maximum Gasteiger partial charge on any atom is 0.267 e. The third kappa shape index (κ3) is 1.88. The highest BCUT2D eigenvalue weighted by molar-refractivity contribution is 5.90. The molecule has 1 aromatic heterocycles. The van der Waals surface area contributed by atoms with Crippen molar-refractivity contribution in [3.63, 3.8) is 0 Å². The lowest BCUT2D eigenvalue weighted by molar-refractivity contribution is -0.137. The van der Waals surface area contributed by atoms with Crippen molar-refractivity contribution in [2.45, 2.75) is 12.0 Å². The topological polar surface area (TPSA) is 66.3 Å². The molecule has 82 valence electrons. The molecule has 1 amide bonds. The van der Waals surface area contributed by atoms with Gasteiger partial charge in [-0.1, -0.05) is 5.92 Å². The van der Waals surface area contributed by atoms with Gasteiger partial charge in [0, 0.05) is 26.2 Å². The van der Waals surface area contributed by atoms with Crippen molar-refractivity contribution in [3.05, 3.63) is 24.3 Å². The van der Waals surface area contributed by atoms with Crippen LogP contribution in [-0.2, 0) is 4.79 Å². The van der Waals surface area contributed by atoms with E-state index in [0.29, 0.717) is 18.7 Å². The van der Waals surface area contributed by atoms with Crippen LogP contribution in [0.1, 0.15) is 12.1 Å². The highest BCUT2D eigenvalue weighted by atomic mass is 16.3. The SMILES string of the molecule is CN1CC[C@@](O)(C#Cc2ccncn2)C1=O. The lowest BCUT2D eigenvalue weighted by Crippen LogP contribution is -2.37. The Hall–Kier alpha value is -1.93. The molecule has 1 N–H and O–H groups in total. The van der Waals surface area contributed by atoms with E-state index in [2.05, 4.69) is 21.8 Å². The van der Waals surface area contributed by atoms with Gasteiger partial charge in [0.05, 0.1) is 0 Å². The van der Waals surface area contributed by atoms with Crippen LogP contribution in [0.5, 0.6) is 0 Å². The second-order valence-electron chi connectivity index (χ2n) is 3.68. The molecule has 0 spiro atoms. The van der Waals surface area contributed by atoms with Crippen LogP contribution in [0.2, 0.25) is 0 Å². The maximum absolute atomic E-state index is 11.6. The van der Waals surface area contributed by atoms with Gasteiger partial charge in [0.2, 0.25) is 5.60 Å². The number of amides is 1. The molecule has 1 fully saturated rings. The Labute approximate surface area is 93.1 Å². The molecule has 0 unspecified atom stereocenters. The molecule has 2 rings (SSSR count). The van der Waals surface area contributed by atoms with Crippen LogP contribution in [0.4, 0.5) is 0 Å². The molecule has 0 bridgehead atoms. The summed E-state index contributed by atoms with van der Waals surface area (Å²) in [7, 11) is 1.65. The van der Waals surface area contributed by atoms with Gasteiger partial charge in [-0.3, -0.25) is 4.79 Å². The van der Waals surface area contributed by atoms with Crippen LogP contribution < -0.4 is 0 Å². The Morgan fingerprint density at radius 3 is 3.00 bits per heavy atom. The number of hydrogen-bond donors (Lipinski definition) is 1. The zero-order valence-corrected chi connectivity index (χ0v) is 8.84. The first-order valence-electron chi connectivity index (χ1n) is 4.89. The molecule has 1 atom stereocenters. The molecule has 16 heavy (non-hydrogen) atoms. The monoisotopic (exact) mass is 217 g/mol. The number of aliphatic hydroxyl groups is 1. The van der Waals surface area contributed by atoms with E-state index in [0.717, 1.165) is 0 Å². The van der Waals surface area contributed by atoms with E-state index in [1.807, 2.05) is 0 Å². The van der Waals surface area contributed by atoms with Crippen molar-refractivity contribution < 1.29 is 9.90 Å². The second kappa shape index (κ2) is 3.91. The van der Waals surface area contributed by atoms with Gasteiger partial charge in [-0.15, -0.1) is 0 Å². The minimum atomic E-state index is -1.56. The largest absolute Gasteiger partial charge is 0.369 e. The predicted molar refractivity (Wildman–Crippen MR) is 56.1 cm³/mol. The van der Waals surface area contributed by atoms with E-state index in [1.54, 1.807) is 19.3 Å². The van der Waals surface area contributed by atoms with Gasteiger partial charge >= 0.3 is 0 Å². The van der Waals surface area contributed by atoms with Gasteiger partial charge in [0.25, 0.3) is 5.91 Å². The molecule has 2 heterocycles. The summed E-state index contributed by atoms with van der Waals surface area (Å²) in [4.78, 5) is 20.7. The van der Waals surface area contributed by atoms with E-state index in [1.165, 1.54) is 11.2 Å². The fraction of sp³-hybridized carbons (Fsp3) is 0.364. The molecule has 1 aromatic rings. The smallest absolute Gasteiger partial charge is 0.267 e. The van der Waals surface area contributed by atoms with Crippen molar-refractivity contribution in [2.75, 3.05) is 13.6 Å². The standard InChI is InChI=1S/C11H11N3O2/c1-14-7-5-11(16,10(14)15)4-2-9-3-6-12-8-13-9/h3,6,8,16H,5,7H2,1H3/t11-/m0/s1. The van der Waals surface area contributed by atoms with Gasteiger partial charge in [0.15, 0.2) is 0 Å². The zero-order chi connectivity index (χ0) is 11.6. The number of likely N-dealkylation sites (tertiary alicyclic amines) is 1. The summed E-state index contributed by atoms with van der Waals surface area (Å²) in [5.74, 6) is 4.91. The molecular weight excluding hydrogens is 206 g/mol. The van der Waals surface area contributed by atoms with Crippen LogP contribution in [0.25, 0.3) is 0 Å². The molecule has 0 aromatic carbocycles. The second-order valence-corrected chi connectivity index (χ2v) is 3.68. The highest BCUT2D eigenvalue weighted by Crippen LogP contribution is 2.20. The van der Waals surface area contributed by atoms with Crippen molar-refractivity contribution in [1.82, 2.24) is 14.9 Å². The highest BCUT2D eigenvalue weighted by Gasteiger charge is 2.42. The van der Waals surface area contributed by atoms with Crippen molar-refractivity contribution in [1.29, 1.82) is 0 Å². The Bertz CT molecular complexity index is 463. The third-order valence-corrected chi connectivity index (χ3v) is 2.49. The molecule has 5 heteroatoms. The van der Waals surface area contributed by atoms with Crippen LogP contribution >= 0.6 is 0 Å². The Morgan fingerprint density at radius 1 is 1.62 bits per heavy atom. The van der Waals surface area contributed by atoms with Gasteiger partial charge in [-0.25, -0.2) is 9.97 Å². The number of rotatable bonds is 0. The summed E-state index contributed by atoms with van der Waals surface area (Å²) in [6.07, 6.45) is 3.26. The van der Waals surface area contributed by atoms with Gasteiger partial charge in [-0.2, -0.15) is 0 Å². The number of carbonyl (C=O) groups is 1. The summed E-state index contributed by atoms with van der Waals surface area (Å²) in [6.45, 7) is 0.522. The Morgan fingerprint density at radius 2 is 2.44 bits per heavy atom. The number of carbonyl (C=O) groups excluding carboxylic acids is 1. The minimum Gasteiger partial charge on any atom is -0.369 e. The average molecular weight is 217 g/mol. The molecule has 0 radical (unpaired) electrons. The zero-order valence-electron chi connectivity index (χ0n) is 8.84. The minimum absolute atomic E-state index is 0.334. The van der Waals surface area contributed by atoms with E-state index in [-0.39, 0.29) is 5.91 Å². The molecule has 1 saturated heterocycles. The fourth-order valence-corrected chi connectivity index (χ4v) is 1.50. The number of aromatic nitrogens is 2. The van der Waals surface area contributed by atoms with E-state index in [9.17, 15) is 9.90 Å². The molecule has 5 nitrogen and oxygen atoms in total. The fourth-order valence-electron chi connectivity index (χ4n) is 1.50. The first-order chi connectivity index (χ1) is 7.62. The number of nitrogens with zero attached hydrogens (tertiary/aromatic N) is 3. The summed E-state index contributed by atoms with van der Waals surface area (Å²) in [5.41, 5.74) is -1.06. The van der Waals surface area contributed by atoms with E-state index in [4.69, 9.17) is 0 Å². The normalized spacial score (nSPS) is 24.1. The van der Waals surface area contributed by atoms with Crippen molar-refractivity contribution >= 4 is 5.91 Å². The molecule has 1 aliphatic heterocycles. The first kappa shape index (κ1) is 10.6. The van der Waals surface area contributed by atoms with E-state index >= 15 is 0 Å². The summed E-state index contributed by atoms with van der Waals surface area (Å²) >= 11 is 0. The Balaban J connectivity index is 2.23. The number of likely N-dealkylation sites (N-methyl/N-ethyl adjacent to an activating group) is 1. The molecule has 0 saturated carbocycles. The molecule has 1 aliphatic rings. The van der Waals surface area contributed by atoms with Crippen LogP contribution in [0, 0.1) is 11.8 Å².